The number of likely N-dealkylation sites (N-methyl/N-ethyl adjacent to an activating group) is 1. The number of hydrogen-bond donors (Lipinski definition) is 2. The van der Waals surface area contributed by atoms with E-state index in [1.54, 1.807) is 23.1 Å². The first-order chi connectivity index (χ1) is 19.8. The van der Waals surface area contributed by atoms with Crippen LogP contribution in [0.25, 0.3) is 0 Å². The topological polar surface area (TPSA) is 94.2 Å². The molecule has 2 bridgehead atoms. The molecule has 6 rings (SSSR count). The van der Waals surface area contributed by atoms with Crippen molar-refractivity contribution in [3.8, 4) is 0 Å². The quantitative estimate of drug-likeness (QED) is 0.443. The lowest BCUT2D eigenvalue weighted by atomic mass is 9.74. The van der Waals surface area contributed by atoms with Crippen molar-refractivity contribution in [1.29, 1.82) is 0 Å². The number of benzene rings is 1. The Morgan fingerprint density at radius 3 is 2.44 bits per heavy atom. The van der Waals surface area contributed by atoms with Crippen LogP contribution < -0.4 is 10.6 Å². The van der Waals surface area contributed by atoms with Gasteiger partial charge >= 0.3 is 0 Å². The van der Waals surface area contributed by atoms with Crippen LogP contribution in [0.15, 0.2) is 30.4 Å². The number of ether oxygens (including phenoxy) is 1. The van der Waals surface area contributed by atoms with Crippen LogP contribution >= 0.6 is 23.2 Å². The van der Waals surface area contributed by atoms with E-state index in [0.29, 0.717) is 28.8 Å². The average molecular weight is 605 g/mol. The van der Waals surface area contributed by atoms with Gasteiger partial charge in [-0.2, -0.15) is 0 Å². The van der Waals surface area contributed by atoms with Gasteiger partial charge in [0.05, 0.1) is 28.0 Å². The second-order valence-electron chi connectivity index (χ2n) is 12.0. The van der Waals surface area contributed by atoms with Crippen molar-refractivity contribution < 1.29 is 19.1 Å². The zero-order chi connectivity index (χ0) is 28.7. The molecule has 3 saturated heterocycles. The molecule has 3 amide bonds. The Labute approximate surface area is 251 Å². The number of rotatable bonds is 8. The van der Waals surface area contributed by atoms with Gasteiger partial charge in [-0.1, -0.05) is 61.5 Å². The van der Waals surface area contributed by atoms with Crippen molar-refractivity contribution in [3.05, 3.63) is 40.4 Å². The van der Waals surface area contributed by atoms with Gasteiger partial charge in [0.15, 0.2) is 0 Å². The number of halogens is 2. The molecule has 4 aliphatic heterocycles. The summed E-state index contributed by atoms with van der Waals surface area (Å²) in [6.45, 7) is 8.13. The van der Waals surface area contributed by atoms with E-state index >= 15 is 0 Å². The number of hydrogen-bond acceptors (Lipinski definition) is 6. The molecule has 222 valence electrons. The Bertz CT molecular complexity index is 1220. The number of fused-ring (bicyclic) bond motifs is 1. The van der Waals surface area contributed by atoms with Gasteiger partial charge in [0, 0.05) is 51.0 Å². The van der Waals surface area contributed by atoms with Crippen LogP contribution in [0.2, 0.25) is 10.0 Å². The molecule has 4 heterocycles. The van der Waals surface area contributed by atoms with E-state index in [1.165, 1.54) is 6.42 Å². The maximum absolute atomic E-state index is 14.2. The van der Waals surface area contributed by atoms with E-state index < -0.39 is 29.6 Å². The molecule has 1 aliphatic carbocycles. The Balaban J connectivity index is 1.24. The van der Waals surface area contributed by atoms with Crippen molar-refractivity contribution in [1.82, 2.24) is 20.0 Å². The van der Waals surface area contributed by atoms with Gasteiger partial charge in [-0.3, -0.25) is 19.3 Å². The number of nitrogens with zero attached hydrogens (tertiary/aromatic N) is 3. The van der Waals surface area contributed by atoms with Crippen molar-refractivity contribution in [2.75, 3.05) is 51.1 Å². The molecule has 0 aromatic heterocycles. The second kappa shape index (κ2) is 11.8. The lowest BCUT2D eigenvalue weighted by Crippen LogP contribution is -2.57. The number of likely N-dealkylation sites (tertiary alicyclic amines) is 1. The standard InChI is InChI=1S/C30H39Cl2N5O4/c1-2-35-12-14-36(15-13-35)16-17-37-26(28(39)33-19-6-4-3-5-7-19)30-11-10-23(41-30)24(25(30)29(37)40)27(38)34-20-8-9-21(31)22(32)18-20/h8-11,18-19,23-26H,2-7,12-17H2,1H3,(H,33,39)(H,34,38)/t23-,24-,25-,26+,30+/m1/s1. The Kier molecular flexibility index (Phi) is 8.35. The van der Waals surface area contributed by atoms with Gasteiger partial charge in [-0.05, 0) is 37.6 Å². The fraction of sp³-hybridized carbons (Fsp3) is 0.633. The summed E-state index contributed by atoms with van der Waals surface area (Å²) in [5.41, 5.74) is -0.675. The molecule has 1 aromatic carbocycles. The highest BCUT2D eigenvalue weighted by atomic mass is 35.5. The average Bonchev–Trinajstić information content (AvgIpc) is 3.62. The molecule has 2 N–H and O–H groups in total. The number of carbonyl (C=O) groups is 3. The molecule has 11 heteroatoms. The smallest absolute Gasteiger partial charge is 0.246 e. The molecular weight excluding hydrogens is 565 g/mol. The zero-order valence-corrected chi connectivity index (χ0v) is 25.0. The van der Waals surface area contributed by atoms with Crippen molar-refractivity contribution >= 4 is 46.6 Å². The molecule has 1 saturated carbocycles. The first-order valence-electron chi connectivity index (χ1n) is 15.0. The van der Waals surface area contributed by atoms with Gasteiger partial charge in [0.25, 0.3) is 0 Å². The van der Waals surface area contributed by atoms with Crippen LogP contribution in [0.5, 0.6) is 0 Å². The largest absolute Gasteiger partial charge is 0.359 e. The number of nitrogens with one attached hydrogen (secondary N) is 2. The number of amides is 3. The third-order valence-corrected chi connectivity index (χ3v) is 10.4. The van der Waals surface area contributed by atoms with Gasteiger partial charge < -0.3 is 25.2 Å². The maximum Gasteiger partial charge on any atom is 0.246 e. The predicted octanol–water partition coefficient (Wildman–Crippen LogP) is 3.17. The van der Waals surface area contributed by atoms with Crippen molar-refractivity contribution in [2.24, 2.45) is 11.8 Å². The first kappa shape index (κ1) is 28.9. The highest BCUT2D eigenvalue weighted by Crippen LogP contribution is 2.55. The molecular formula is C30H39Cl2N5O4. The molecule has 5 aliphatic rings. The minimum atomic E-state index is -1.17. The first-order valence-corrected chi connectivity index (χ1v) is 15.7. The number of piperazine rings is 1. The molecule has 4 fully saturated rings. The zero-order valence-electron chi connectivity index (χ0n) is 23.5. The van der Waals surface area contributed by atoms with E-state index in [4.69, 9.17) is 27.9 Å². The summed E-state index contributed by atoms with van der Waals surface area (Å²) in [5, 5.41) is 6.87. The second-order valence-corrected chi connectivity index (χ2v) is 12.8. The van der Waals surface area contributed by atoms with Crippen molar-refractivity contribution in [2.45, 2.75) is 62.8 Å². The minimum Gasteiger partial charge on any atom is -0.359 e. The lowest BCUT2D eigenvalue weighted by molar-refractivity contribution is -0.141. The van der Waals surface area contributed by atoms with E-state index in [9.17, 15) is 14.4 Å². The summed E-state index contributed by atoms with van der Waals surface area (Å²) >= 11 is 12.2. The third kappa shape index (κ3) is 5.40. The monoisotopic (exact) mass is 603 g/mol. The summed E-state index contributed by atoms with van der Waals surface area (Å²) < 4.78 is 6.48. The Morgan fingerprint density at radius 2 is 1.73 bits per heavy atom. The Morgan fingerprint density at radius 1 is 1.00 bits per heavy atom. The normalized spacial score (nSPS) is 32.0. The van der Waals surface area contributed by atoms with Gasteiger partial charge in [0.2, 0.25) is 17.7 Å². The number of carbonyl (C=O) groups excluding carboxylic acids is 3. The van der Waals surface area contributed by atoms with Crippen molar-refractivity contribution in [3.63, 3.8) is 0 Å². The summed E-state index contributed by atoms with van der Waals surface area (Å²) in [6, 6.07) is 4.16. The third-order valence-electron chi connectivity index (χ3n) is 9.63. The van der Waals surface area contributed by atoms with Gasteiger partial charge in [-0.25, -0.2) is 0 Å². The van der Waals surface area contributed by atoms with Crippen LogP contribution in [0.1, 0.15) is 39.0 Å². The molecule has 5 atom stereocenters. The van der Waals surface area contributed by atoms with Gasteiger partial charge in [-0.15, -0.1) is 0 Å². The van der Waals surface area contributed by atoms with E-state index in [0.717, 1.165) is 58.4 Å². The van der Waals surface area contributed by atoms with Crippen LogP contribution in [-0.4, -0.2) is 102 Å². The highest BCUT2D eigenvalue weighted by Gasteiger charge is 2.72. The van der Waals surface area contributed by atoms with E-state index in [1.807, 2.05) is 12.2 Å². The fourth-order valence-electron chi connectivity index (χ4n) is 7.41. The molecule has 0 unspecified atom stereocenters. The van der Waals surface area contributed by atoms with Crippen LogP contribution in [0, 0.1) is 11.8 Å². The highest BCUT2D eigenvalue weighted by molar-refractivity contribution is 6.42. The number of anilines is 1. The molecule has 1 aromatic rings. The molecule has 0 radical (unpaired) electrons. The van der Waals surface area contributed by atoms with E-state index in [2.05, 4.69) is 27.4 Å². The van der Waals surface area contributed by atoms with E-state index in [-0.39, 0.29) is 23.8 Å². The van der Waals surface area contributed by atoms with Gasteiger partial charge in [0.1, 0.15) is 11.6 Å². The predicted molar refractivity (Wildman–Crippen MR) is 158 cm³/mol. The van der Waals surface area contributed by atoms with Crippen LogP contribution in [-0.2, 0) is 19.1 Å². The SMILES string of the molecule is CCN1CCN(CCN2C(=O)[C@H]3[C@H](C(=O)Nc4ccc(Cl)c(Cl)c4)[C@H]4C=C[C@@]3(O4)[C@@H]2C(=O)NC2CCCCC2)CC1. The molecule has 9 nitrogen and oxygen atoms in total. The fourth-order valence-corrected chi connectivity index (χ4v) is 7.71. The van der Waals surface area contributed by atoms with Crippen LogP contribution in [0.4, 0.5) is 5.69 Å². The minimum absolute atomic E-state index is 0.0992. The summed E-state index contributed by atoms with van der Waals surface area (Å²) in [5.74, 6) is -2.24. The van der Waals surface area contributed by atoms with Crippen LogP contribution in [0.3, 0.4) is 0 Å². The Hall–Kier alpha value is -2.17. The molecule has 1 spiro atoms. The maximum atomic E-state index is 14.2. The summed E-state index contributed by atoms with van der Waals surface area (Å²) in [7, 11) is 0. The molecule has 41 heavy (non-hydrogen) atoms. The summed E-state index contributed by atoms with van der Waals surface area (Å²) in [4.78, 5) is 48.3. The lowest BCUT2D eigenvalue weighted by Gasteiger charge is -2.37. The summed E-state index contributed by atoms with van der Waals surface area (Å²) in [6.07, 6.45) is 8.38.